The van der Waals surface area contributed by atoms with E-state index in [0.717, 1.165) is 5.57 Å². The molecular weight excluding hydrogens is 362 g/mol. The largest absolute Gasteiger partial charge is 0.369 e. The van der Waals surface area contributed by atoms with E-state index < -0.39 is 5.92 Å². The van der Waals surface area contributed by atoms with Crippen LogP contribution in [-0.2, 0) is 4.79 Å². The summed E-state index contributed by atoms with van der Waals surface area (Å²) in [6.07, 6.45) is 1.94. The Labute approximate surface area is 161 Å². The van der Waals surface area contributed by atoms with Gasteiger partial charge >= 0.3 is 0 Å². The van der Waals surface area contributed by atoms with Gasteiger partial charge in [-0.1, -0.05) is 12.2 Å². The van der Waals surface area contributed by atoms with Crippen LogP contribution >= 0.6 is 0 Å². The molecule has 2 aromatic carbocycles. The number of benzene rings is 2. The zero-order chi connectivity index (χ0) is 20.1. The van der Waals surface area contributed by atoms with Crippen LogP contribution in [0.2, 0.25) is 0 Å². The molecule has 1 heterocycles. The molecule has 0 saturated heterocycles. The maximum atomic E-state index is 13.5. The van der Waals surface area contributed by atoms with Crippen molar-refractivity contribution in [3.05, 3.63) is 72.6 Å². The van der Waals surface area contributed by atoms with Gasteiger partial charge in [0.25, 0.3) is 0 Å². The summed E-state index contributed by atoms with van der Waals surface area (Å²) in [5, 5.41) is 6.48. The second-order valence-corrected chi connectivity index (χ2v) is 6.44. The van der Waals surface area contributed by atoms with Crippen molar-refractivity contribution in [1.82, 2.24) is 9.97 Å². The number of nitrogens with zero attached hydrogens (tertiary/aromatic N) is 2. The fourth-order valence-electron chi connectivity index (χ4n) is 2.70. The first-order valence-corrected chi connectivity index (χ1v) is 8.82. The molecule has 5 nitrogen and oxygen atoms in total. The Morgan fingerprint density at radius 1 is 1.11 bits per heavy atom. The van der Waals surface area contributed by atoms with Crippen molar-refractivity contribution < 1.29 is 13.6 Å². The van der Waals surface area contributed by atoms with E-state index in [0.29, 0.717) is 35.4 Å². The van der Waals surface area contributed by atoms with Gasteiger partial charge in [-0.3, -0.25) is 4.79 Å². The first-order chi connectivity index (χ1) is 13.4. The van der Waals surface area contributed by atoms with Crippen LogP contribution in [0.15, 0.2) is 60.9 Å². The van der Waals surface area contributed by atoms with Crippen molar-refractivity contribution in [2.45, 2.75) is 13.3 Å². The van der Waals surface area contributed by atoms with Crippen LogP contribution in [0.5, 0.6) is 0 Å². The third kappa shape index (κ3) is 4.68. The maximum Gasteiger partial charge on any atom is 0.231 e. The highest BCUT2D eigenvalue weighted by Gasteiger charge is 2.16. The highest BCUT2D eigenvalue weighted by atomic mass is 19.1. The van der Waals surface area contributed by atoms with Gasteiger partial charge in [0, 0.05) is 17.6 Å². The van der Waals surface area contributed by atoms with Crippen LogP contribution < -0.4 is 10.6 Å². The van der Waals surface area contributed by atoms with Crippen LogP contribution in [0.25, 0.3) is 10.9 Å². The number of aromatic nitrogens is 2. The predicted octanol–water partition coefficient (Wildman–Crippen LogP) is 4.54. The standard InChI is InChI=1S/C21H20F2N4O/c1-13(14(2)21(28)27-17-6-3-15(22)4-7-17)9-10-24-20-18-11-16(23)5-8-19(18)25-12-26-20/h3-8,11-12,14H,1,9-10H2,2H3,(H,27,28)(H,24,25,26). The Morgan fingerprint density at radius 2 is 1.82 bits per heavy atom. The molecule has 1 atom stereocenters. The van der Waals surface area contributed by atoms with Gasteiger partial charge in [-0.15, -0.1) is 0 Å². The number of nitrogens with one attached hydrogen (secondary N) is 2. The Balaban J connectivity index is 1.56. The minimum Gasteiger partial charge on any atom is -0.369 e. The van der Waals surface area contributed by atoms with Crippen LogP contribution in [0, 0.1) is 17.6 Å². The van der Waals surface area contributed by atoms with Crippen molar-refractivity contribution in [1.29, 1.82) is 0 Å². The van der Waals surface area contributed by atoms with Gasteiger partial charge in [-0.25, -0.2) is 18.7 Å². The first-order valence-electron chi connectivity index (χ1n) is 8.82. The highest BCUT2D eigenvalue weighted by Crippen LogP contribution is 2.21. The topological polar surface area (TPSA) is 66.9 Å². The molecule has 1 unspecified atom stereocenters. The molecule has 0 saturated carbocycles. The molecule has 1 amide bonds. The van der Waals surface area contributed by atoms with E-state index in [9.17, 15) is 13.6 Å². The number of carbonyl (C=O) groups excluding carboxylic acids is 1. The lowest BCUT2D eigenvalue weighted by Gasteiger charge is -2.16. The van der Waals surface area contributed by atoms with E-state index >= 15 is 0 Å². The smallest absolute Gasteiger partial charge is 0.231 e. The van der Waals surface area contributed by atoms with E-state index in [2.05, 4.69) is 27.2 Å². The summed E-state index contributed by atoms with van der Waals surface area (Å²) in [6, 6.07) is 9.90. The van der Waals surface area contributed by atoms with Gasteiger partial charge in [-0.2, -0.15) is 0 Å². The molecule has 3 aromatic rings. The van der Waals surface area contributed by atoms with Gasteiger partial charge in [0.05, 0.1) is 11.4 Å². The Hall–Kier alpha value is -3.35. The van der Waals surface area contributed by atoms with Crippen LogP contribution in [0.1, 0.15) is 13.3 Å². The van der Waals surface area contributed by atoms with E-state index in [1.54, 1.807) is 13.0 Å². The average molecular weight is 382 g/mol. The van der Waals surface area contributed by atoms with E-state index in [1.165, 1.54) is 42.7 Å². The van der Waals surface area contributed by atoms with Gasteiger partial charge in [0.15, 0.2) is 0 Å². The number of rotatable bonds is 7. The summed E-state index contributed by atoms with van der Waals surface area (Å²) < 4.78 is 26.4. The molecule has 7 heteroatoms. The second-order valence-electron chi connectivity index (χ2n) is 6.44. The number of fused-ring (bicyclic) bond motifs is 1. The van der Waals surface area contributed by atoms with Crippen molar-refractivity contribution in [2.75, 3.05) is 17.2 Å². The minimum absolute atomic E-state index is 0.217. The lowest BCUT2D eigenvalue weighted by molar-refractivity contribution is -0.118. The predicted molar refractivity (Wildman–Crippen MR) is 106 cm³/mol. The fraction of sp³-hybridized carbons (Fsp3) is 0.190. The Kier molecular flexibility index (Phi) is 5.93. The molecule has 0 aliphatic carbocycles. The lowest BCUT2D eigenvalue weighted by atomic mass is 9.99. The molecule has 0 radical (unpaired) electrons. The molecule has 0 aliphatic heterocycles. The molecular formula is C21H20F2N4O. The molecule has 0 fully saturated rings. The van der Waals surface area contributed by atoms with Crippen molar-refractivity contribution >= 4 is 28.3 Å². The monoisotopic (exact) mass is 382 g/mol. The molecule has 0 aliphatic rings. The number of anilines is 2. The van der Waals surface area contributed by atoms with E-state index in [1.807, 2.05) is 0 Å². The molecule has 144 valence electrons. The zero-order valence-corrected chi connectivity index (χ0v) is 15.4. The molecule has 2 N–H and O–H groups in total. The minimum atomic E-state index is -0.425. The number of amides is 1. The second kappa shape index (κ2) is 8.56. The SMILES string of the molecule is C=C(CCNc1ncnc2ccc(F)cc12)C(C)C(=O)Nc1ccc(F)cc1. The zero-order valence-electron chi connectivity index (χ0n) is 15.4. The quantitative estimate of drug-likeness (QED) is 0.589. The molecule has 0 bridgehead atoms. The van der Waals surface area contributed by atoms with E-state index in [-0.39, 0.29) is 17.5 Å². The summed E-state index contributed by atoms with van der Waals surface area (Å²) in [7, 11) is 0. The number of halogens is 2. The summed E-state index contributed by atoms with van der Waals surface area (Å²) in [6.45, 7) is 6.23. The van der Waals surface area contributed by atoms with Gasteiger partial charge in [0.2, 0.25) is 5.91 Å². The number of carbonyl (C=O) groups is 1. The fourth-order valence-corrected chi connectivity index (χ4v) is 2.70. The third-order valence-corrected chi connectivity index (χ3v) is 4.45. The summed E-state index contributed by atoms with van der Waals surface area (Å²) in [5.41, 5.74) is 1.90. The van der Waals surface area contributed by atoms with Crippen molar-refractivity contribution in [3.63, 3.8) is 0 Å². The summed E-state index contributed by atoms with van der Waals surface area (Å²) >= 11 is 0. The van der Waals surface area contributed by atoms with Crippen molar-refractivity contribution in [3.8, 4) is 0 Å². The lowest BCUT2D eigenvalue weighted by Crippen LogP contribution is -2.22. The molecule has 1 aromatic heterocycles. The number of hydrogen-bond acceptors (Lipinski definition) is 4. The maximum absolute atomic E-state index is 13.5. The van der Waals surface area contributed by atoms with Crippen LogP contribution in [-0.4, -0.2) is 22.4 Å². The summed E-state index contributed by atoms with van der Waals surface area (Å²) in [4.78, 5) is 20.6. The van der Waals surface area contributed by atoms with Gasteiger partial charge < -0.3 is 10.6 Å². The van der Waals surface area contributed by atoms with Crippen LogP contribution in [0.4, 0.5) is 20.3 Å². The first kappa shape index (κ1) is 19.4. The number of hydrogen-bond donors (Lipinski definition) is 2. The normalized spacial score (nSPS) is 11.8. The Morgan fingerprint density at radius 3 is 2.57 bits per heavy atom. The van der Waals surface area contributed by atoms with E-state index in [4.69, 9.17) is 0 Å². The average Bonchev–Trinajstić information content (AvgIpc) is 2.69. The third-order valence-electron chi connectivity index (χ3n) is 4.45. The van der Waals surface area contributed by atoms with Gasteiger partial charge in [-0.05, 0) is 55.8 Å². The molecule has 0 spiro atoms. The highest BCUT2D eigenvalue weighted by molar-refractivity contribution is 5.94. The molecule has 28 heavy (non-hydrogen) atoms. The van der Waals surface area contributed by atoms with Crippen LogP contribution in [0.3, 0.4) is 0 Å². The van der Waals surface area contributed by atoms with Gasteiger partial charge in [0.1, 0.15) is 23.8 Å². The Bertz CT molecular complexity index is 1000. The summed E-state index contributed by atoms with van der Waals surface area (Å²) in [5.74, 6) is -0.835. The molecule has 3 rings (SSSR count). The van der Waals surface area contributed by atoms with Crippen molar-refractivity contribution in [2.24, 2.45) is 5.92 Å².